The summed E-state index contributed by atoms with van der Waals surface area (Å²) in [4.78, 5) is 11.1. The molecule has 10 heteroatoms. The maximum Gasteiger partial charge on any atom is 0.436 e. The first-order valence-corrected chi connectivity index (χ1v) is 4.47. The average Bonchev–Trinajstić information content (AvgIpc) is 2.24. The molecular formula is C9H6F6O4. The first kappa shape index (κ1) is 15.2. The van der Waals surface area contributed by atoms with Gasteiger partial charge in [0.15, 0.2) is 17.0 Å². The van der Waals surface area contributed by atoms with Crippen molar-refractivity contribution in [1.82, 2.24) is 0 Å². The Kier molecular flexibility index (Phi) is 3.73. The molecule has 0 aromatic carbocycles. The van der Waals surface area contributed by atoms with Crippen LogP contribution in [0.2, 0.25) is 0 Å². The average molecular weight is 292 g/mol. The third-order valence-electron chi connectivity index (χ3n) is 2.01. The number of methoxy groups -OCH3 is 2. The number of carbonyl (C=O) groups excluding carboxylic acids is 1. The fraction of sp³-hybridized carbons (Fsp3) is 0.444. The molecule has 108 valence electrons. The summed E-state index contributed by atoms with van der Waals surface area (Å²) in [5.41, 5.74) is -4.43. The van der Waals surface area contributed by atoms with Crippen molar-refractivity contribution in [2.75, 3.05) is 14.2 Å². The van der Waals surface area contributed by atoms with Crippen LogP contribution >= 0.6 is 0 Å². The van der Waals surface area contributed by atoms with Crippen LogP contribution in [0.3, 0.4) is 0 Å². The highest BCUT2D eigenvalue weighted by atomic mass is 19.4. The molecule has 0 N–H and O–H groups in total. The lowest BCUT2D eigenvalue weighted by atomic mass is 10.1. The highest BCUT2D eigenvalue weighted by Crippen LogP contribution is 2.47. The standard InChI is InChI=1S/C9H6F6O4/c1-17-6(16)3-4(10)5(8(11,12)13)9(14,15)19-7(3)18-2/h1-2H3. The molecule has 1 rings (SSSR count). The molecule has 0 atom stereocenters. The molecule has 0 amide bonds. The van der Waals surface area contributed by atoms with Crippen molar-refractivity contribution in [1.29, 1.82) is 0 Å². The van der Waals surface area contributed by atoms with Crippen molar-refractivity contribution in [3.05, 3.63) is 22.9 Å². The van der Waals surface area contributed by atoms with Crippen molar-refractivity contribution in [2.45, 2.75) is 12.3 Å². The zero-order chi connectivity index (χ0) is 15.0. The van der Waals surface area contributed by atoms with Gasteiger partial charge in [0.2, 0.25) is 0 Å². The van der Waals surface area contributed by atoms with Crippen molar-refractivity contribution >= 4 is 5.97 Å². The van der Waals surface area contributed by atoms with Gasteiger partial charge in [-0.2, -0.15) is 22.0 Å². The normalized spacial score (nSPS) is 19.2. The van der Waals surface area contributed by atoms with Crippen LogP contribution in [0.15, 0.2) is 22.9 Å². The number of ether oxygens (including phenoxy) is 3. The Labute approximate surface area is 102 Å². The van der Waals surface area contributed by atoms with Gasteiger partial charge in [-0.1, -0.05) is 0 Å². The number of hydrogen-bond donors (Lipinski definition) is 0. The topological polar surface area (TPSA) is 44.8 Å². The summed E-state index contributed by atoms with van der Waals surface area (Å²) in [6.45, 7) is 0. The monoisotopic (exact) mass is 292 g/mol. The van der Waals surface area contributed by atoms with Crippen LogP contribution in [0, 0.1) is 0 Å². The molecule has 1 heterocycles. The third kappa shape index (κ3) is 2.61. The molecule has 0 fully saturated rings. The Bertz CT molecular complexity index is 462. The molecule has 0 spiro atoms. The summed E-state index contributed by atoms with van der Waals surface area (Å²) < 4.78 is 88.6. The maximum atomic E-state index is 13.5. The number of carbonyl (C=O) groups is 1. The molecule has 0 aromatic rings. The predicted octanol–water partition coefficient (Wildman–Crippen LogP) is 2.43. The number of halogens is 6. The molecule has 0 radical (unpaired) electrons. The van der Waals surface area contributed by atoms with Crippen LogP contribution in [-0.4, -0.2) is 32.5 Å². The maximum absolute atomic E-state index is 13.5. The minimum Gasteiger partial charge on any atom is -0.468 e. The van der Waals surface area contributed by atoms with Gasteiger partial charge in [0.1, 0.15) is 0 Å². The molecule has 0 saturated carbocycles. The summed E-state index contributed by atoms with van der Waals surface area (Å²) in [5.74, 6) is -5.55. The second-order valence-electron chi connectivity index (χ2n) is 3.16. The second kappa shape index (κ2) is 4.67. The number of rotatable bonds is 2. The second-order valence-corrected chi connectivity index (χ2v) is 3.16. The summed E-state index contributed by atoms with van der Waals surface area (Å²) in [7, 11) is 1.43. The summed E-state index contributed by atoms with van der Waals surface area (Å²) in [5, 5.41) is 0. The zero-order valence-corrected chi connectivity index (χ0v) is 9.40. The van der Waals surface area contributed by atoms with E-state index in [1.165, 1.54) is 0 Å². The SMILES string of the molecule is COC(=O)C1=C(OC)OC(F)(F)C(C(F)(F)F)=C1F. The van der Waals surface area contributed by atoms with Crippen molar-refractivity contribution in [2.24, 2.45) is 0 Å². The molecular weight excluding hydrogens is 286 g/mol. The van der Waals surface area contributed by atoms with Gasteiger partial charge in [-0.25, -0.2) is 9.18 Å². The minimum atomic E-state index is -5.74. The van der Waals surface area contributed by atoms with E-state index in [0.717, 1.165) is 7.11 Å². The predicted molar refractivity (Wildman–Crippen MR) is 46.3 cm³/mol. The van der Waals surface area contributed by atoms with Crippen molar-refractivity contribution < 1.29 is 45.3 Å². The molecule has 19 heavy (non-hydrogen) atoms. The van der Waals surface area contributed by atoms with Crippen molar-refractivity contribution in [3.63, 3.8) is 0 Å². The Morgan fingerprint density at radius 3 is 2.16 bits per heavy atom. The fourth-order valence-electron chi connectivity index (χ4n) is 1.27. The van der Waals surface area contributed by atoms with Crippen molar-refractivity contribution in [3.8, 4) is 0 Å². The fourth-order valence-corrected chi connectivity index (χ4v) is 1.27. The lowest BCUT2D eigenvalue weighted by molar-refractivity contribution is -0.248. The van der Waals surface area contributed by atoms with E-state index in [1.807, 2.05) is 0 Å². The van der Waals surface area contributed by atoms with Gasteiger partial charge in [0.25, 0.3) is 0 Å². The largest absolute Gasteiger partial charge is 0.468 e. The molecule has 1 aliphatic rings. The first-order valence-electron chi connectivity index (χ1n) is 4.47. The van der Waals surface area contributed by atoms with Crippen LogP contribution in [-0.2, 0) is 19.0 Å². The van der Waals surface area contributed by atoms with Gasteiger partial charge in [0, 0.05) is 0 Å². The number of esters is 1. The van der Waals surface area contributed by atoms with Gasteiger partial charge in [0.05, 0.1) is 14.2 Å². The lowest BCUT2D eigenvalue weighted by Crippen LogP contribution is -2.38. The molecule has 0 saturated heterocycles. The van der Waals surface area contributed by atoms with Gasteiger partial charge in [-0.05, 0) is 0 Å². The van der Waals surface area contributed by atoms with Crippen LogP contribution in [0.5, 0.6) is 0 Å². The zero-order valence-electron chi connectivity index (χ0n) is 9.40. The number of alkyl halides is 5. The van der Waals surface area contributed by atoms with Gasteiger partial charge < -0.3 is 14.2 Å². The Morgan fingerprint density at radius 2 is 1.79 bits per heavy atom. The van der Waals surface area contributed by atoms with Crippen LogP contribution in [0.25, 0.3) is 0 Å². The number of hydrogen-bond acceptors (Lipinski definition) is 4. The quantitative estimate of drug-likeness (QED) is 0.579. The van der Waals surface area contributed by atoms with E-state index in [9.17, 15) is 31.1 Å². The van der Waals surface area contributed by atoms with E-state index in [0.29, 0.717) is 7.11 Å². The molecule has 0 bridgehead atoms. The summed E-state index contributed by atoms with van der Waals surface area (Å²) in [6.07, 6.45) is -10.8. The van der Waals surface area contributed by atoms with Gasteiger partial charge in [-0.3, -0.25) is 0 Å². The minimum absolute atomic E-state index is 0.709. The van der Waals surface area contributed by atoms with Gasteiger partial charge in [-0.15, -0.1) is 0 Å². The third-order valence-corrected chi connectivity index (χ3v) is 2.01. The van der Waals surface area contributed by atoms with E-state index < -0.39 is 41.2 Å². The van der Waals surface area contributed by atoms with Crippen LogP contribution < -0.4 is 0 Å². The highest BCUT2D eigenvalue weighted by Gasteiger charge is 2.60. The Morgan fingerprint density at radius 1 is 1.26 bits per heavy atom. The van der Waals surface area contributed by atoms with E-state index in [1.54, 1.807) is 0 Å². The van der Waals surface area contributed by atoms with E-state index in [-0.39, 0.29) is 0 Å². The molecule has 0 unspecified atom stereocenters. The van der Waals surface area contributed by atoms with Crippen LogP contribution in [0.4, 0.5) is 26.3 Å². The van der Waals surface area contributed by atoms with E-state index >= 15 is 0 Å². The van der Waals surface area contributed by atoms with Crippen LogP contribution in [0.1, 0.15) is 0 Å². The summed E-state index contributed by atoms with van der Waals surface area (Å²) >= 11 is 0. The first-order chi connectivity index (χ1) is 8.56. The Balaban J connectivity index is 3.56. The highest BCUT2D eigenvalue weighted by molar-refractivity contribution is 5.93. The van der Waals surface area contributed by atoms with Gasteiger partial charge >= 0.3 is 24.2 Å². The molecule has 0 aromatic heterocycles. The summed E-state index contributed by atoms with van der Waals surface area (Å²) in [6, 6.07) is 0. The lowest BCUT2D eigenvalue weighted by Gasteiger charge is -2.28. The van der Waals surface area contributed by atoms with E-state index in [2.05, 4.69) is 14.2 Å². The van der Waals surface area contributed by atoms with E-state index in [4.69, 9.17) is 0 Å². The smallest absolute Gasteiger partial charge is 0.436 e. The Hall–Kier alpha value is -1.87. The molecule has 0 aliphatic carbocycles. The molecule has 1 aliphatic heterocycles. The molecule has 4 nitrogen and oxygen atoms in total.